The number of nitrogens with one attached hydrogen (secondary N) is 1. The maximum absolute atomic E-state index is 10.5. The van der Waals surface area contributed by atoms with Crippen molar-refractivity contribution < 1.29 is 13.0 Å². The summed E-state index contributed by atoms with van der Waals surface area (Å²) < 4.78 is 29.6. The molecule has 0 spiro atoms. The molecule has 2 N–H and O–H groups in total. The molecule has 2 aromatic rings. The van der Waals surface area contributed by atoms with Crippen molar-refractivity contribution in [1.29, 1.82) is 5.26 Å². The van der Waals surface area contributed by atoms with Gasteiger partial charge in [0.15, 0.2) is 0 Å². The number of piperazine rings is 1. The van der Waals surface area contributed by atoms with E-state index in [4.69, 9.17) is 9.81 Å². The highest BCUT2D eigenvalue weighted by Gasteiger charge is 2.37. The summed E-state index contributed by atoms with van der Waals surface area (Å²) in [6, 6.07) is 11.3. The highest BCUT2D eigenvalue weighted by Crippen LogP contribution is 2.29. The molecular weight excluding hydrogens is 352 g/mol. The Morgan fingerprint density at radius 2 is 2.04 bits per heavy atom. The van der Waals surface area contributed by atoms with E-state index in [2.05, 4.69) is 21.3 Å². The smallest absolute Gasteiger partial charge is 0.294 e. The third kappa shape index (κ3) is 4.19. The Hall–Kier alpha value is -2.47. The van der Waals surface area contributed by atoms with Gasteiger partial charge in [-0.3, -0.25) is 9.54 Å². The van der Waals surface area contributed by atoms with Crippen LogP contribution < -0.4 is 10.2 Å². The average molecular weight is 372 g/mol. The molecule has 7 nitrogen and oxygen atoms in total. The summed E-state index contributed by atoms with van der Waals surface area (Å²) in [5.74, 6) is 0. The lowest BCUT2D eigenvalue weighted by Crippen LogP contribution is -2.43. The Bertz CT molecular complexity index is 922. The monoisotopic (exact) mass is 372 g/mol. The number of benzene rings is 1. The van der Waals surface area contributed by atoms with Crippen molar-refractivity contribution in [2.45, 2.75) is 30.3 Å². The fourth-order valence-corrected chi connectivity index (χ4v) is 3.71. The van der Waals surface area contributed by atoms with Crippen LogP contribution in [0, 0.1) is 18.3 Å². The standard InChI is InChI=1S/C11H12N4.C7H8O3S/c12-3-8-1-10(5-13-4-8)15-7-9-2-11(15)6-14-9;1-6-2-4-7(5-3-6)11(8,9)10/h1,4-5,9,11,14H,2,6-7H2;2-5H,1H3,(H,8,9,10)/t9-,11-;/m0./s1. The van der Waals surface area contributed by atoms with Crippen LogP contribution in [0.4, 0.5) is 5.69 Å². The van der Waals surface area contributed by atoms with E-state index < -0.39 is 10.1 Å². The van der Waals surface area contributed by atoms with E-state index in [0.717, 1.165) is 24.3 Å². The number of fused-ring (bicyclic) bond motifs is 2. The van der Waals surface area contributed by atoms with Crippen molar-refractivity contribution in [1.82, 2.24) is 10.3 Å². The van der Waals surface area contributed by atoms with Gasteiger partial charge in [-0.25, -0.2) is 0 Å². The molecule has 136 valence electrons. The van der Waals surface area contributed by atoms with Crippen molar-refractivity contribution in [3.8, 4) is 6.07 Å². The summed E-state index contributed by atoms with van der Waals surface area (Å²) in [6.45, 7) is 3.94. The molecule has 1 aromatic heterocycles. The van der Waals surface area contributed by atoms with Crippen molar-refractivity contribution >= 4 is 15.8 Å². The number of aryl methyl sites for hydroxylation is 1. The zero-order valence-corrected chi connectivity index (χ0v) is 15.1. The van der Waals surface area contributed by atoms with Gasteiger partial charge in [-0.2, -0.15) is 13.7 Å². The number of hydrogen-bond acceptors (Lipinski definition) is 6. The lowest BCUT2D eigenvalue weighted by Gasteiger charge is -2.29. The SMILES string of the molecule is Cc1ccc(S(=O)(=O)O)cc1.N#Cc1cncc(N2C[C@@H]3C[C@H]2CN3)c1. The van der Waals surface area contributed by atoms with E-state index in [-0.39, 0.29) is 4.90 Å². The van der Waals surface area contributed by atoms with Crippen LogP contribution in [0.2, 0.25) is 0 Å². The number of rotatable bonds is 2. The molecule has 0 saturated carbocycles. The topological polar surface area (TPSA) is 106 Å². The molecule has 2 aliphatic rings. The van der Waals surface area contributed by atoms with E-state index in [0.29, 0.717) is 17.6 Å². The van der Waals surface area contributed by atoms with Gasteiger partial charge in [0.05, 0.1) is 22.3 Å². The van der Waals surface area contributed by atoms with Crippen molar-refractivity contribution in [2.75, 3.05) is 18.0 Å². The van der Waals surface area contributed by atoms with Crippen LogP contribution >= 0.6 is 0 Å². The summed E-state index contributed by atoms with van der Waals surface area (Å²) >= 11 is 0. The normalized spacial score (nSPS) is 21.0. The lowest BCUT2D eigenvalue weighted by molar-refractivity contribution is 0.483. The van der Waals surface area contributed by atoms with Gasteiger partial charge in [-0.05, 0) is 31.5 Å². The molecule has 2 saturated heterocycles. The molecule has 0 aliphatic carbocycles. The molecule has 0 amide bonds. The molecule has 2 fully saturated rings. The number of nitrogens with zero attached hydrogens (tertiary/aromatic N) is 3. The van der Waals surface area contributed by atoms with Crippen LogP contribution in [0.15, 0.2) is 47.6 Å². The van der Waals surface area contributed by atoms with Gasteiger partial charge in [-0.15, -0.1) is 0 Å². The third-order valence-corrected chi connectivity index (χ3v) is 5.43. The average Bonchev–Trinajstić information content (AvgIpc) is 3.25. The van der Waals surface area contributed by atoms with Gasteiger partial charge < -0.3 is 10.2 Å². The van der Waals surface area contributed by atoms with Crippen LogP contribution in [-0.2, 0) is 10.1 Å². The van der Waals surface area contributed by atoms with Crippen LogP contribution in [0.1, 0.15) is 17.5 Å². The highest BCUT2D eigenvalue weighted by molar-refractivity contribution is 7.85. The van der Waals surface area contributed by atoms with Crippen molar-refractivity contribution in [2.24, 2.45) is 0 Å². The first kappa shape index (κ1) is 18.3. The van der Waals surface area contributed by atoms with Crippen molar-refractivity contribution in [3.05, 3.63) is 53.9 Å². The van der Waals surface area contributed by atoms with E-state index >= 15 is 0 Å². The Morgan fingerprint density at radius 3 is 2.58 bits per heavy atom. The Labute approximate surface area is 153 Å². The molecule has 3 heterocycles. The van der Waals surface area contributed by atoms with E-state index in [1.54, 1.807) is 18.3 Å². The Morgan fingerprint density at radius 1 is 1.31 bits per heavy atom. The van der Waals surface area contributed by atoms with Gasteiger partial charge in [0.2, 0.25) is 0 Å². The van der Waals surface area contributed by atoms with E-state index in [1.165, 1.54) is 18.6 Å². The minimum Gasteiger partial charge on any atom is -0.364 e. The number of nitriles is 1. The van der Waals surface area contributed by atoms with Gasteiger partial charge in [-0.1, -0.05) is 17.7 Å². The second-order valence-electron chi connectivity index (χ2n) is 6.48. The molecule has 4 rings (SSSR count). The second kappa shape index (κ2) is 7.41. The van der Waals surface area contributed by atoms with Gasteiger partial charge in [0.1, 0.15) is 6.07 Å². The fourth-order valence-electron chi connectivity index (χ4n) is 3.23. The largest absolute Gasteiger partial charge is 0.364 e. The number of hydrogen-bond donors (Lipinski definition) is 2. The summed E-state index contributed by atoms with van der Waals surface area (Å²) in [5, 5.41) is 12.3. The van der Waals surface area contributed by atoms with E-state index in [1.807, 2.05) is 19.2 Å². The summed E-state index contributed by atoms with van der Waals surface area (Å²) in [5.41, 5.74) is 2.68. The van der Waals surface area contributed by atoms with Crippen LogP contribution in [0.25, 0.3) is 0 Å². The Balaban J connectivity index is 0.000000160. The third-order valence-electron chi connectivity index (χ3n) is 4.56. The lowest BCUT2D eigenvalue weighted by atomic mass is 10.2. The first-order valence-corrected chi connectivity index (χ1v) is 9.70. The molecule has 26 heavy (non-hydrogen) atoms. The summed E-state index contributed by atoms with van der Waals surface area (Å²) in [6.07, 6.45) is 4.67. The van der Waals surface area contributed by atoms with Crippen LogP contribution in [0.3, 0.4) is 0 Å². The van der Waals surface area contributed by atoms with Gasteiger partial charge in [0, 0.05) is 31.4 Å². The molecule has 0 radical (unpaired) electrons. The number of anilines is 1. The summed E-state index contributed by atoms with van der Waals surface area (Å²) in [4.78, 5) is 6.39. The maximum atomic E-state index is 10.5. The van der Waals surface area contributed by atoms with E-state index in [9.17, 15) is 8.42 Å². The molecular formula is C18H20N4O3S. The minimum atomic E-state index is -4.02. The molecule has 2 atom stereocenters. The van der Waals surface area contributed by atoms with Crippen LogP contribution in [0.5, 0.6) is 0 Å². The van der Waals surface area contributed by atoms with Gasteiger partial charge in [0.25, 0.3) is 10.1 Å². The maximum Gasteiger partial charge on any atom is 0.294 e. The summed E-state index contributed by atoms with van der Waals surface area (Å²) in [7, 11) is -4.02. The second-order valence-corrected chi connectivity index (χ2v) is 7.90. The zero-order chi connectivity index (χ0) is 18.7. The minimum absolute atomic E-state index is 0.0666. The van der Waals surface area contributed by atoms with Gasteiger partial charge >= 0.3 is 0 Å². The quantitative estimate of drug-likeness (QED) is 0.774. The first-order valence-electron chi connectivity index (χ1n) is 8.26. The zero-order valence-electron chi connectivity index (χ0n) is 14.3. The molecule has 2 bridgehead atoms. The molecule has 8 heteroatoms. The Kier molecular flexibility index (Phi) is 5.23. The number of aromatic nitrogens is 1. The molecule has 0 unspecified atom stereocenters. The predicted molar refractivity (Wildman–Crippen MR) is 97.5 cm³/mol. The van der Waals surface area contributed by atoms with Crippen molar-refractivity contribution in [3.63, 3.8) is 0 Å². The fraction of sp³-hybridized carbons (Fsp3) is 0.333. The predicted octanol–water partition coefficient (Wildman–Crippen LogP) is 1.75. The molecule has 1 aromatic carbocycles. The van der Waals surface area contributed by atoms with Crippen LogP contribution in [-0.4, -0.2) is 43.1 Å². The molecule has 2 aliphatic heterocycles. The number of pyridine rings is 1. The highest BCUT2D eigenvalue weighted by atomic mass is 32.2. The first-order chi connectivity index (χ1) is 12.4.